The summed E-state index contributed by atoms with van der Waals surface area (Å²) in [6.45, 7) is 1.85. The van der Waals surface area contributed by atoms with Gasteiger partial charge < -0.3 is 15.8 Å². The summed E-state index contributed by atoms with van der Waals surface area (Å²) in [5, 5.41) is 2.83. The van der Waals surface area contributed by atoms with Gasteiger partial charge in [-0.15, -0.1) is 0 Å². The van der Waals surface area contributed by atoms with Gasteiger partial charge in [0.15, 0.2) is 11.6 Å². The summed E-state index contributed by atoms with van der Waals surface area (Å²) in [7, 11) is 1.64. The van der Waals surface area contributed by atoms with Gasteiger partial charge in [0, 0.05) is 0 Å². The third-order valence-corrected chi connectivity index (χ3v) is 3.09. The summed E-state index contributed by atoms with van der Waals surface area (Å²) in [5.74, 6) is -2.55. The minimum absolute atomic E-state index is 0.134. The Kier molecular flexibility index (Phi) is 5.23. The third-order valence-electron chi connectivity index (χ3n) is 3.09. The highest BCUT2D eigenvalue weighted by molar-refractivity contribution is 5.84. The van der Waals surface area contributed by atoms with Crippen molar-refractivity contribution in [2.24, 2.45) is 5.73 Å². The van der Waals surface area contributed by atoms with Crippen molar-refractivity contribution in [3.8, 4) is 5.75 Å². The van der Waals surface area contributed by atoms with Gasteiger partial charge in [-0.1, -0.05) is 6.07 Å². The lowest BCUT2D eigenvalue weighted by molar-refractivity contribution is -0.123. The molecule has 0 aliphatic carbocycles. The molecule has 0 aliphatic heterocycles. The van der Waals surface area contributed by atoms with E-state index in [1.165, 1.54) is 12.1 Å². The van der Waals surface area contributed by atoms with E-state index in [9.17, 15) is 13.6 Å². The molecule has 6 heteroatoms. The Morgan fingerprint density at radius 1 is 1.47 bits per heavy atom. The summed E-state index contributed by atoms with van der Waals surface area (Å²) < 4.78 is 31.3. The summed E-state index contributed by atoms with van der Waals surface area (Å²) in [6.07, 6.45) is 0.923. The summed E-state index contributed by atoms with van der Waals surface area (Å²) in [4.78, 5) is 11.2. The molecule has 0 radical (unpaired) electrons. The van der Waals surface area contributed by atoms with Crippen LogP contribution in [0, 0.1) is 11.6 Å². The normalized spacial score (nSPS) is 13.9. The second-order valence-electron chi connectivity index (χ2n) is 4.45. The molecule has 0 saturated heterocycles. The quantitative estimate of drug-likeness (QED) is 0.741. The van der Waals surface area contributed by atoms with Crippen LogP contribution < -0.4 is 15.8 Å². The van der Waals surface area contributed by atoms with Gasteiger partial charge in [-0.25, -0.2) is 4.39 Å². The number of halogens is 2. The molecule has 1 unspecified atom stereocenters. The molecular formula is C13H18F2N2O2. The van der Waals surface area contributed by atoms with E-state index in [0.29, 0.717) is 12.8 Å². The topological polar surface area (TPSA) is 64.3 Å². The van der Waals surface area contributed by atoms with Gasteiger partial charge in [0.2, 0.25) is 11.7 Å². The lowest BCUT2D eigenvalue weighted by Gasteiger charge is -2.25. The van der Waals surface area contributed by atoms with Crippen LogP contribution in [-0.4, -0.2) is 25.1 Å². The maximum Gasteiger partial charge on any atom is 0.237 e. The predicted octanol–water partition coefficient (Wildman–Crippen LogP) is 1.59. The number of hydrogen-bond acceptors (Lipinski definition) is 3. The number of likely N-dealkylation sites (N-methyl/N-ethyl adjacent to an activating group) is 1. The van der Waals surface area contributed by atoms with Gasteiger partial charge in [-0.2, -0.15) is 4.39 Å². The Morgan fingerprint density at radius 3 is 2.74 bits per heavy atom. The van der Waals surface area contributed by atoms with E-state index in [2.05, 4.69) is 5.32 Å². The molecule has 0 fully saturated rings. The van der Waals surface area contributed by atoms with Crippen molar-refractivity contribution in [2.45, 2.75) is 25.3 Å². The van der Waals surface area contributed by atoms with Crippen molar-refractivity contribution in [1.29, 1.82) is 0 Å². The first-order valence-corrected chi connectivity index (χ1v) is 5.96. The molecule has 0 spiro atoms. The number of primary amides is 1. The van der Waals surface area contributed by atoms with Gasteiger partial charge in [0.25, 0.3) is 0 Å². The molecule has 1 amide bonds. The minimum Gasteiger partial charge on any atom is -0.490 e. The van der Waals surface area contributed by atoms with E-state index in [-0.39, 0.29) is 12.4 Å². The molecule has 0 aromatic heterocycles. The monoisotopic (exact) mass is 272 g/mol. The number of carbonyl (C=O) groups excluding carboxylic acids is 1. The number of ether oxygens (including phenoxy) is 1. The van der Waals surface area contributed by atoms with Gasteiger partial charge in [-0.3, -0.25) is 4.79 Å². The summed E-state index contributed by atoms with van der Waals surface area (Å²) >= 11 is 0. The van der Waals surface area contributed by atoms with Gasteiger partial charge in [-0.05, 0) is 38.9 Å². The Morgan fingerprint density at radius 2 is 2.16 bits per heavy atom. The Balaban J connectivity index is 2.47. The fourth-order valence-corrected chi connectivity index (χ4v) is 1.57. The number of nitrogens with two attached hydrogens (primary N) is 1. The molecule has 3 N–H and O–H groups in total. The highest BCUT2D eigenvalue weighted by atomic mass is 19.2. The second kappa shape index (κ2) is 6.47. The first kappa shape index (κ1) is 15.4. The lowest BCUT2D eigenvalue weighted by atomic mass is 9.95. The van der Waals surface area contributed by atoms with Gasteiger partial charge >= 0.3 is 0 Å². The van der Waals surface area contributed by atoms with E-state index in [1.807, 2.05) is 0 Å². The van der Waals surface area contributed by atoms with E-state index >= 15 is 0 Å². The van der Waals surface area contributed by atoms with Crippen molar-refractivity contribution in [2.75, 3.05) is 13.7 Å². The predicted molar refractivity (Wildman–Crippen MR) is 67.7 cm³/mol. The average molecular weight is 272 g/mol. The molecule has 106 valence electrons. The molecule has 1 atom stereocenters. The molecule has 1 rings (SSSR count). The smallest absolute Gasteiger partial charge is 0.237 e. The maximum absolute atomic E-state index is 13.3. The molecule has 0 bridgehead atoms. The van der Waals surface area contributed by atoms with Crippen LogP contribution in [0.25, 0.3) is 0 Å². The van der Waals surface area contributed by atoms with Crippen LogP contribution in [0.1, 0.15) is 19.8 Å². The van der Waals surface area contributed by atoms with E-state index in [1.54, 1.807) is 14.0 Å². The number of benzene rings is 1. The summed E-state index contributed by atoms with van der Waals surface area (Å²) in [5.41, 5.74) is 4.44. The van der Waals surface area contributed by atoms with Crippen molar-refractivity contribution in [3.05, 3.63) is 29.8 Å². The highest BCUT2D eigenvalue weighted by Gasteiger charge is 2.28. The highest BCUT2D eigenvalue weighted by Crippen LogP contribution is 2.20. The maximum atomic E-state index is 13.3. The van der Waals surface area contributed by atoms with Crippen LogP contribution in [0.4, 0.5) is 8.78 Å². The molecule has 0 heterocycles. The molecule has 19 heavy (non-hydrogen) atoms. The molecule has 0 aliphatic rings. The number of amides is 1. The van der Waals surface area contributed by atoms with Crippen LogP contribution in [0.3, 0.4) is 0 Å². The molecular weight excluding hydrogens is 254 g/mol. The zero-order chi connectivity index (χ0) is 14.5. The standard InChI is InChI=1S/C13H18F2N2O2/c1-13(17-2,12(16)18)7-4-8-19-10-6-3-5-9(14)11(10)15/h3,5-6,17H,4,7-8H2,1-2H3,(H2,16,18). The van der Waals surface area contributed by atoms with E-state index in [4.69, 9.17) is 10.5 Å². The number of nitrogens with one attached hydrogen (secondary N) is 1. The molecule has 0 saturated carbocycles. The zero-order valence-corrected chi connectivity index (χ0v) is 11.0. The van der Waals surface area contributed by atoms with Gasteiger partial charge in [0.05, 0.1) is 12.1 Å². The van der Waals surface area contributed by atoms with E-state index < -0.39 is 23.1 Å². The largest absolute Gasteiger partial charge is 0.490 e. The van der Waals surface area contributed by atoms with Crippen LogP contribution in [0.15, 0.2) is 18.2 Å². The number of rotatable bonds is 7. The van der Waals surface area contributed by atoms with Crippen molar-refractivity contribution >= 4 is 5.91 Å². The molecule has 1 aromatic carbocycles. The minimum atomic E-state index is -1.01. The second-order valence-corrected chi connectivity index (χ2v) is 4.45. The number of carbonyl (C=O) groups is 1. The van der Waals surface area contributed by atoms with Crippen LogP contribution in [-0.2, 0) is 4.79 Å². The Labute approximate surface area is 110 Å². The fourth-order valence-electron chi connectivity index (χ4n) is 1.57. The Hall–Kier alpha value is -1.69. The van der Waals surface area contributed by atoms with Crippen molar-refractivity contribution in [3.63, 3.8) is 0 Å². The summed E-state index contributed by atoms with van der Waals surface area (Å²) in [6, 6.07) is 3.74. The lowest BCUT2D eigenvalue weighted by Crippen LogP contribution is -2.51. The van der Waals surface area contributed by atoms with Crippen LogP contribution in [0.5, 0.6) is 5.75 Å². The Bertz CT molecular complexity index is 454. The van der Waals surface area contributed by atoms with Crippen LogP contribution in [0.2, 0.25) is 0 Å². The first-order valence-electron chi connectivity index (χ1n) is 5.96. The van der Waals surface area contributed by atoms with Crippen molar-refractivity contribution < 1.29 is 18.3 Å². The average Bonchev–Trinajstić information content (AvgIpc) is 2.38. The van der Waals surface area contributed by atoms with Crippen molar-refractivity contribution in [1.82, 2.24) is 5.32 Å². The molecule has 1 aromatic rings. The fraction of sp³-hybridized carbons (Fsp3) is 0.462. The third kappa shape index (κ3) is 3.89. The zero-order valence-electron chi connectivity index (χ0n) is 11.0. The molecule has 4 nitrogen and oxygen atoms in total. The van der Waals surface area contributed by atoms with E-state index in [0.717, 1.165) is 6.07 Å². The number of hydrogen-bond donors (Lipinski definition) is 2. The van der Waals surface area contributed by atoms with Gasteiger partial charge in [0.1, 0.15) is 0 Å². The SMILES string of the molecule is CNC(C)(CCCOc1cccc(F)c1F)C(N)=O. The first-order chi connectivity index (χ1) is 8.90. The van der Waals surface area contributed by atoms with Crippen LogP contribution >= 0.6 is 0 Å².